The van der Waals surface area contributed by atoms with Crippen LogP contribution < -0.4 is 10.1 Å². The van der Waals surface area contributed by atoms with Crippen LogP contribution in [0.15, 0.2) is 47.4 Å². The second kappa shape index (κ2) is 8.68. The summed E-state index contributed by atoms with van der Waals surface area (Å²) in [6.07, 6.45) is 0.0315. The van der Waals surface area contributed by atoms with E-state index >= 15 is 0 Å². The fourth-order valence-electron chi connectivity index (χ4n) is 2.41. The van der Waals surface area contributed by atoms with Crippen molar-refractivity contribution in [1.82, 2.24) is 0 Å². The Morgan fingerprint density at radius 2 is 1.89 bits per heavy atom. The molecular weight excluding hydrogens is 370 g/mol. The molecule has 0 bridgehead atoms. The van der Waals surface area contributed by atoms with E-state index in [-0.39, 0.29) is 23.0 Å². The van der Waals surface area contributed by atoms with Gasteiger partial charge in [0, 0.05) is 5.69 Å². The van der Waals surface area contributed by atoms with Gasteiger partial charge in [0.2, 0.25) is 5.91 Å². The number of carboxylic acid groups (broad SMARTS) is 1. The molecule has 0 aromatic heterocycles. The minimum atomic E-state index is -3.33. The number of carbonyl (C=O) groups excluding carboxylic acids is 1. The Labute approximate surface area is 157 Å². The summed E-state index contributed by atoms with van der Waals surface area (Å²) in [4.78, 5) is 23.0. The molecule has 8 heteroatoms. The summed E-state index contributed by atoms with van der Waals surface area (Å²) in [5, 5.41) is 11.4. The van der Waals surface area contributed by atoms with Gasteiger partial charge in [0.1, 0.15) is 5.75 Å². The lowest BCUT2D eigenvalue weighted by Gasteiger charge is -2.11. The molecule has 2 N–H and O–H groups in total. The monoisotopic (exact) mass is 391 g/mol. The topological polar surface area (TPSA) is 110 Å². The Morgan fingerprint density at radius 3 is 2.52 bits per heavy atom. The first-order valence-corrected chi connectivity index (χ1v) is 9.93. The zero-order chi connectivity index (χ0) is 20.0. The number of hydrogen-bond acceptors (Lipinski definition) is 5. The summed E-state index contributed by atoms with van der Waals surface area (Å²) in [5.41, 5.74) is 1.88. The number of rotatable bonds is 8. The fraction of sp³-hybridized carbons (Fsp3) is 0.263. The molecular formula is C19H21NO6S. The summed E-state index contributed by atoms with van der Waals surface area (Å²) >= 11 is 0. The number of amides is 1. The van der Waals surface area contributed by atoms with Crippen LogP contribution in [0.5, 0.6) is 5.75 Å². The van der Waals surface area contributed by atoms with Crippen LogP contribution in [0.4, 0.5) is 5.69 Å². The third-order valence-corrected chi connectivity index (χ3v) is 5.57. The van der Waals surface area contributed by atoms with Gasteiger partial charge in [-0.25, -0.2) is 13.2 Å². The van der Waals surface area contributed by atoms with E-state index in [2.05, 4.69) is 5.32 Å². The number of aliphatic carboxylic acids is 1. The number of sulfone groups is 1. The molecule has 0 radical (unpaired) electrons. The highest BCUT2D eigenvalue weighted by Gasteiger charge is 2.13. The standard InChI is InChI=1S/C19H21NO6S/c1-3-27(24,25)16-6-4-5-14(10-16)11-18(21)20-17-8-7-15(9-13(17)2)26-12-19(22)23/h4-10H,3,11-12H2,1-2H3,(H,20,21)(H,22,23). The van der Waals surface area contributed by atoms with Gasteiger partial charge >= 0.3 is 5.97 Å². The molecule has 0 atom stereocenters. The summed E-state index contributed by atoms with van der Waals surface area (Å²) in [5.74, 6) is -0.968. The molecule has 2 aromatic carbocycles. The minimum Gasteiger partial charge on any atom is -0.482 e. The van der Waals surface area contributed by atoms with Gasteiger partial charge in [0.15, 0.2) is 16.4 Å². The molecule has 27 heavy (non-hydrogen) atoms. The lowest BCUT2D eigenvalue weighted by Crippen LogP contribution is -2.16. The predicted molar refractivity (Wildman–Crippen MR) is 101 cm³/mol. The summed E-state index contributed by atoms with van der Waals surface area (Å²) in [6, 6.07) is 11.2. The zero-order valence-electron chi connectivity index (χ0n) is 15.1. The van der Waals surface area contributed by atoms with Crippen molar-refractivity contribution in [1.29, 1.82) is 0 Å². The van der Waals surface area contributed by atoms with E-state index in [1.165, 1.54) is 12.1 Å². The molecule has 0 aliphatic rings. The molecule has 0 aliphatic carbocycles. The number of benzene rings is 2. The lowest BCUT2D eigenvalue weighted by atomic mass is 10.1. The van der Waals surface area contributed by atoms with Crippen molar-refractivity contribution in [3.63, 3.8) is 0 Å². The van der Waals surface area contributed by atoms with Gasteiger partial charge in [-0.1, -0.05) is 19.1 Å². The lowest BCUT2D eigenvalue weighted by molar-refractivity contribution is -0.139. The first kappa shape index (κ1) is 20.4. The Hall–Kier alpha value is -2.87. The van der Waals surface area contributed by atoms with Crippen LogP contribution >= 0.6 is 0 Å². The van der Waals surface area contributed by atoms with E-state index in [1.807, 2.05) is 0 Å². The molecule has 7 nitrogen and oxygen atoms in total. The van der Waals surface area contributed by atoms with E-state index in [4.69, 9.17) is 9.84 Å². The Morgan fingerprint density at radius 1 is 1.15 bits per heavy atom. The second-order valence-corrected chi connectivity index (χ2v) is 8.21. The average Bonchev–Trinajstić information content (AvgIpc) is 2.62. The number of nitrogens with one attached hydrogen (secondary N) is 1. The van der Waals surface area contributed by atoms with Crippen molar-refractivity contribution < 1.29 is 27.9 Å². The van der Waals surface area contributed by atoms with Crippen LogP contribution in [-0.2, 0) is 25.8 Å². The maximum absolute atomic E-state index is 12.3. The van der Waals surface area contributed by atoms with Crippen molar-refractivity contribution in [3.05, 3.63) is 53.6 Å². The quantitative estimate of drug-likeness (QED) is 0.715. The van der Waals surface area contributed by atoms with Gasteiger partial charge < -0.3 is 15.2 Å². The van der Waals surface area contributed by atoms with E-state index in [0.717, 1.165) is 0 Å². The molecule has 144 valence electrons. The third kappa shape index (κ3) is 5.82. The molecule has 2 rings (SSSR count). The van der Waals surface area contributed by atoms with Crippen LogP contribution in [-0.4, -0.2) is 37.8 Å². The van der Waals surface area contributed by atoms with Crippen molar-refractivity contribution in [2.75, 3.05) is 17.7 Å². The average molecular weight is 391 g/mol. The maximum atomic E-state index is 12.3. The summed E-state index contributed by atoms with van der Waals surface area (Å²) < 4.78 is 29.0. The van der Waals surface area contributed by atoms with Crippen LogP contribution in [0, 0.1) is 6.92 Å². The van der Waals surface area contributed by atoms with Gasteiger partial charge in [-0.05, 0) is 48.4 Å². The number of carboxylic acids is 1. The molecule has 2 aromatic rings. The largest absolute Gasteiger partial charge is 0.482 e. The SMILES string of the molecule is CCS(=O)(=O)c1cccc(CC(=O)Nc2ccc(OCC(=O)O)cc2C)c1. The van der Waals surface area contributed by atoms with Crippen molar-refractivity contribution in [3.8, 4) is 5.75 Å². The number of anilines is 1. The molecule has 0 saturated heterocycles. The summed E-state index contributed by atoms with van der Waals surface area (Å²) in [6.45, 7) is 2.89. The highest BCUT2D eigenvalue weighted by Crippen LogP contribution is 2.22. The number of hydrogen-bond donors (Lipinski definition) is 2. The highest BCUT2D eigenvalue weighted by molar-refractivity contribution is 7.91. The molecule has 0 heterocycles. The van der Waals surface area contributed by atoms with Gasteiger partial charge in [-0.3, -0.25) is 4.79 Å². The Bertz CT molecular complexity index is 952. The third-order valence-electron chi connectivity index (χ3n) is 3.84. The molecule has 0 unspecified atom stereocenters. The van der Waals surface area contributed by atoms with Crippen molar-refractivity contribution in [2.45, 2.75) is 25.2 Å². The normalized spacial score (nSPS) is 11.0. The van der Waals surface area contributed by atoms with E-state index in [9.17, 15) is 18.0 Å². The highest BCUT2D eigenvalue weighted by atomic mass is 32.2. The van der Waals surface area contributed by atoms with Gasteiger partial charge in [-0.2, -0.15) is 0 Å². The van der Waals surface area contributed by atoms with Crippen molar-refractivity contribution in [2.24, 2.45) is 0 Å². The Kier molecular flexibility index (Phi) is 6.57. The molecule has 0 fully saturated rings. The molecule has 0 saturated carbocycles. The predicted octanol–water partition coefficient (Wildman–Crippen LogP) is 2.43. The minimum absolute atomic E-state index is 0.00184. The van der Waals surface area contributed by atoms with Crippen LogP contribution in [0.3, 0.4) is 0 Å². The van der Waals surface area contributed by atoms with E-state index in [0.29, 0.717) is 22.6 Å². The van der Waals surface area contributed by atoms with Gasteiger partial charge in [0.25, 0.3) is 0 Å². The summed E-state index contributed by atoms with van der Waals surface area (Å²) in [7, 11) is -3.33. The van der Waals surface area contributed by atoms with E-state index in [1.54, 1.807) is 44.2 Å². The Balaban J connectivity index is 2.06. The molecule has 0 spiro atoms. The molecule has 0 aliphatic heterocycles. The number of carbonyl (C=O) groups is 2. The zero-order valence-corrected chi connectivity index (χ0v) is 15.9. The van der Waals surface area contributed by atoms with Crippen LogP contribution in [0.2, 0.25) is 0 Å². The first-order chi connectivity index (χ1) is 12.7. The van der Waals surface area contributed by atoms with Crippen LogP contribution in [0.1, 0.15) is 18.1 Å². The van der Waals surface area contributed by atoms with Crippen molar-refractivity contribution >= 4 is 27.4 Å². The second-order valence-electron chi connectivity index (χ2n) is 5.93. The number of aryl methyl sites for hydroxylation is 1. The fourth-order valence-corrected chi connectivity index (χ4v) is 3.36. The molecule has 1 amide bonds. The number of ether oxygens (including phenoxy) is 1. The van der Waals surface area contributed by atoms with E-state index < -0.39 is 22.4 Å². The maximum Gasteiger partial charge on any atom is 0.341 e. The van der Waals surface area contributed by atoms with Gasteiger partial charge in [-0.15, -0.1) is 0 Å². The van der Waals surface area contributed by atoms with Gasteiger partial charge in [0.05, 0.1) is 17.1 Å². The van der Waals surface area contributed by atoms with Crippen LogP contribution in [0.25, 0.3) is 0 Å². The smallest absolute Gasteiger partial charge is 0.341 e. The first-order valence-electron chi connectivity index (χ1n) is 8.28.